The minimum Gasteiger partial charge on any atom is -0.465 e. The van der Waals surface area contributed by atoms with Crippen LogP contribution in [0.2, 0.25) is 0 Å². The maximum absolute atomic E-state index is 12.3. The lowest BCUT2D eigenvalue weighted by Gasteiger charge is -2.19. The van der Waals surface area contributed by atoms with Crippen LogP contribution in [0.25, 0.3) is 6.08 Å². The smallest absolute Gasteiger partial charge is 0.244 e. The zero-order chi connectivity index (χ0) is 15.9. The summed E-state index contributed by atoms with van der Waals surface area (Å²) in [5, 5.41) is 3.04. The summed E-state index contributed by atoms with van der Waals surface area (Å²) in [5.74, 6) is 0.482. The summed E-state index contributed by atoms with van der Waals surface area (Å²) in [4.78, 5) is 12.3. The van der Waals surface area contributed by atoms with Crippen molar-refractivity contribution >= 4 is 12.0 Å². The van der Waals surface area contributed by atoms with Gasteiger partial charge in [0.15, 0.2) is 0 Å². The van der Waals surface area contributed by atoms with Crippen molar-refractivity contribution in [3.05, 3.63) is 102 Å². The Balaban J connectivity index is 1.80. The molecular formula is C20H17NO2. The second-order valence-corrected chi connectivity index (χ2v) is 5.11. The fraction of sp³-hybridized carbons (Fsp3) is 0.0500. The van der Waals surface area contributed by atoms with E-state index in [1.54, 1.807) is 24.5 Å². The van der Waals surface area contributed by atoms with Crippen molar-refractivity contribution in [1.82, 2.24) is 5.32 Å². The second kappa shape index (κ2) is 7.27. The van der Waals surface area contributed by atoms with Crippen molar-refractivity contribution in [1.29, 1.82) is 0 Å². The van der Waals surface area contributed by atoms with E-state index in [0.717, 1.165) is 11.1 Å². The van der Waals surface area contributed by atoms with Gasteiger partial charge in [0.2, 0.25) is 5.91 Å². The largest absolute Gasteiger partial charge is 0.465 e. The van der Waals surface area contributed by atoms with Crippen molar-refractivity contribution in [3.8, 4) is 0 Å². The first-order valence-corrected chi connectivity index (χ1v) is 7.45. The van der Waals surface area contributed by atoms with Crippen molar-refractivity contribution in [2.45, 2.75) is 6.04 Å². The Hall–Kier alpha value is -3.07. The molecule has 1 N–H and O–H groups in total. The van der Waals surface area contributed by atoms with Crippen LogP contribution in [0.3, 0.4) is 0 Å². The molecule has 0 saturated heterocycles. The van der Waals surface area contributed by atoms with E-state index in [1.807, 2.05) is 60.7 Å². The molecular weight excluding hydrogens is 286 g/mol. The van der Waals surface area contributed by atoms with Gasteiger partial charge in [0.1, 0.15) is 5.76 Å². The van der Waals surface area contributed by atoms with Crippen LogP contribution in [0.4, 0.5) is 0 Å². The topological polar surface area (TPSA) is 42.2 Å². The maximum Gasteiger partial charge on any atom is 0.244 e. The molecule has 0 fully saturated rings. The van der Waals surface area contributed by atoms with E-state index in [0.29, 0.717) is 5.76 Å². The Morgan fingerprint density at radius 1 is 0.870 bits per heavy atom. The van der Waals surface area contributed by atoms with Crippen LogP contribution in [0, 0.1) is 0 Å². The van der Waals surface area contributed by atoms with Gasteiger partial charge in [-0.05, 0) is 29.3 Å². The minimum atomic E-state index is -0.189. The van der Waals surface area contributed by atoms with Crippen LogP contribution >= 0.6 is 0 Å². The normalized spacial score (nSPS) is 11.0. The van der Waals surface area contributed by atoms with Gasteiger partial charge < -0.3 is 9.73 Å². The lowest BCUT2D eigenvalue weighted by Crippen LogP contribution is -2.27. The molecule has 23 heavy (non-hydrogen) atoms. The fourth-order valence-corrected chi connectivity index (χ4v) is 2.38. The fourth-order valence-electron chi connectivity index (χ4n) is 2.38. The Morgan fingerprint density at radius 3 is 2.00 bits per heavy atom. The van der Waals surface area contributed by atoms with E-state index >= 15 is 0 Å². The quantitative estimate of drug-likeness (QED) is 0.718. The monoisotopic (exact) mass is 303 g/mol. The van der Waals surface area contributed by atoms with Gasteiger partial charge in [0, 0.05) is 6.08 Å². The zero-order valence-electron chi connectivity index (χ0n) is 12.6. The average molecular weight is 303 g/mol. The molecule has 0 saturated carbocycles. The van der Waals surface area contributed by atoms with Crippen molar-refractivity contribution in [2.24, 2.45) is 0 Å². The summed E-state index contributed by atoms with van der Waals surface area (Å²) in [6.07, 6.45) is 4.72. The molecule has 0 bridgehead atoms. The molecule has 3 nitrogen and oxygen atoms in total. The van der Waals surface area contributed by atoms with Crippen LogP contribution in [0.1, 0.15) is 22.9 Å². The van der Waals surface area contributed by atoms with Gasteiger partial charge >= 0.3 is 0 Å². The average Bonchev–Trinajstić information content (AvgIpc) is 3.13. The van der Waals surface area contributed by atoms with Gasteiger partial charge in [-0.3, -0.25) is 4.79 Å². The van der Waals surface area contributed by atoms with Gasteiger partial charge in [-0.15, -0.1) is 0 Å². The summed E-state index contributed by atoms with van der Waals surface area (Å²) in [6.45, 7) is 0. The molecule has 0 aliphatic carbocycles. The van der Waals surface area contributed by atoms with Crippen molar-refractivity contribution < 1.29 is 9.21 Å². The van der Waals surface area contributed by atoms with Crippen molar-refractivity contribution in [2.75, 3.05) is 0 Å². The van der Waals surface area contributed by atoms with Gasteiger partial charge in [-0.25, -0.2) is 0 Å². The Morgan fingerprint density at radius 2 is 1.48 bits per heavy atom. The highest BCUT2D eigenvalue weighted by Crippen LogP contribution is 2.21. The van der Waals surface area contributed by atoms with Crippen LogP contribution in [-0.4, -0.2) is 5.91 Å². The molecule has 3 rings (SSSR count). The third-order valence-electron chi connectivity index (χ3n) is 3.49. The number of rotatable bonds is 5. The van der Waals surface area contributed by atoms with E-state index < -0.39 is 0 Å². The number of nitrogens with one attached hydrogen (secondary N) is 1. The van der Waals surface area contributed by atoms with E-state index in [9.17, 15) is 4.79 Å². The SMILES string of the molecule is O=C(/C=C\c1ccco1)NC(c1ccccc1)c1ccccc1. The van der Waals surface area contributed by atoms with E-state index in [2.05, 4.69) is 5.32 Å². The molecule has 2 aromatic carbocycles. The predicted octanol–water partition coefficient (Wildman–Crippen LogP) is 4.20. The molecule has 0 radical (unpaired) electrons. The number of carbonyl (C=O) groups is 1. The number of carbonyl (C=O) groups excluding carboxylic acids is 1. The molecule has 3 aromatic rings. The molecule has 1 heterocycles. The summed E-state index contributed by atoms with van der Waals surface area (Å²) in [7, 11) is 0. The molecule has 0 unspecified atom stereocenters. The summed E-state index contributed by atoms with van der Waals surface area (Å²) < 4.78 is 5.19. The summed E-state index contributed by atoms with van der Waals surface area (Å²) >= 11 is 0. The summed E-state index contributed by atoms with van der Waals surface area (Å²) in [6, 6.07) is 23.2. The molecule has 3 heteroatoms. The highest BCUT2D eigenvalue weighted by atomic mass is 16.3. The Kier molecular flexibility index (Phi) is 4.69. The number of benzene rings is 2. The molecule has 1 amide bonds. The minimum absolute atomic E-state index is 0.167. The van der Waals surface area contributed by atoms with Gasteiger partial charge in [0.25, 0.3) is 0 Å². The highest BCUT2D eigenvalue weighted by Gasteiger charge is 2.15. The standard InChI is InChI=1S/C20H17NO2/c22-19(14-13-18-12-7-15-23-18)21-20(16-8-3-1-4-9-16)17-10-5-2-6-11-17/h1-15,20H,(H,21,22)/b14-13-. The first-order valence-electron chi connectivity index (χ1n) is 7.45. The van der Waals surface area contributed by atoms with Gasteiger partial charge in [0.05, 0.1) is 12.3 Å². The molecule has 0 aliphatic heterocycles. The Bertz CT molecular complexity index is 722. The summed E-state index contributed by atoms with van der Waals surface area (Å²) in [5.41, 5.74) is 2.08. The first-order chi connectivity index (χ1) is 11.3. The molecule has 0 aliphatic rings. The number of furan rings is 1. The first kappa shape index (κ1) is 14.9. The van der Waals surface area contributed by atoms with Crippen molar-refractivity contribution in [3.63, 3.8) is 0 Å². The van der Waals surface area contributed by atoms with Crippen LogP contribution in [0.15, 0.2) is 89.6 Å². The zero-order valence-corrected chi connectivity index (χ0v) is 12.6. The van der Waals surface area contributed by atoms with E-state index in [-0.39, 0.29) is 11.9 Å². The van der Waals surface area contributed by atoms with E-state index in [4.69, 9.17) is 4.42 Å². The second-order valence-electron chi connectivity index (χ2n) is 5.11. The lowest BCUT2D eigenvalue weighted by atomic mass is 9.99. The highest BCUT2D eigenvalue weighted by molar-refractivity contribution is 5.91. The van der Waals surface area contributed by atoms with Crippen LogP contribution in [0.5, 0.6) is 0 Å². The molecule has 1 aromatic heterocycles. The lowest BCUT2D eigenvalue weighted by molar-refractivity contribution is -0.116. The predicted molar refractivity (Wildman–Crippen MR) is 90.6 cm³/mol. The van der Waals surface area contributed by atoms with Crippen LogP contribution < -0.4 is 5.32 Å². The Labute approximate surface area is 135 Å². The van der Waals surface area contributed by atoms with Gasteiger partial charge in [-0.2, -0.15) is 0 Å². The molecule has 0 spiro atoms. The molecule has 114 valence electrons. The number of amides is 1. The van der Waals surface area contributed by atoms with Crippen LogP contribution in [-0.2, 0) is 4.79 Å². The van der Waals surface area contributed by atoms with Gasteiger partial charge in [-0.1, -0.05) is 60.7 Å². The third kappa shape index (κ3) is 3.98. The number of hydrogen-bond acceptors (Lipinski definition) is 2. The third-order valence-corrected chi connectivity index (χ3v) is 3.49. The molecule has 0 atom stereocenters. The van der Waals surface area contributed by atoms with E-state index in [1.165, 1.54) is 6.08 Å². The maximum atomic E-state index is 12.3. The number of hydrogen-bond donors (Lipinski definition) is 1.